The van der Waals surface area contributed by atoms with Gasteiger partial charge < -0.3 is 15.5 Å². The number of carbonyl (C=O) groups excluding carboxylic acids is 2. The summed E-state index contributed by atoms with van der Waals surface area (Å²) >= 11 is 6.09. The molecule has 2 amide bonds. The third-order valence-corrected chi connectivity index (χ3v) is 5.61. The molecule has 160 valence electrons. The highest BCUT2D eigenvalue weighted by molar-refractivity contribution is 6.30. The Labute approximate surface area is 176 Å². The molecule has 3 heterocycles. The molecule has 0 spiro atoms. The number of nitrogens with one attached hydrogen (secondary N) is 2. The molecule has 2 fully saturated rings. The number of aromatic nitrogens is 3. The zero-order valence-electron chi connectivity index (χ0n) is 16.0. The van der Waals surface area contributed by atoms with Crippen molar-refractivity contribution in [1.82, 2.24) is 30.3 Å². The van der Waals surface area contributed by atoms with Crippen LogP contribution in [0.4, 0.5) is 8.78 Å². The van der Waals surface area contributed by atoms with Crippen molar-refractivity contribution in [3.63, 3.8) is 0 Å². The molecule has 0 radical (unpaired) electrons. The van der Waals surface area contributed by atoms with Gasteiger partial charge in [-0.1, -0.05) is 11.6 Å². The van der Waals surface area contributed by atoms with Crippen LogP contribution in [-0.4, -0.2) is 69.0 Å². The van der Waals surface area contributed by atoms with Crippen molar-refractivity contribution in [3.8, 4) is 5.69 Å². The molecule has 2 saturated heterocycles. The Morgan fingerprint density at radius 3 is 2.80 bits per heavy atom. The molecule has 11 heteroatoms. The summed E-state index contributed by atoms with van der Waals surface area (Å²) in [5.74, 6) is -0.913. The van der Waals surface area contributed by atoms with Gasteiger partial charge >= 0.3 is 0 Å². The van der Waals surface area contributed by atoms with E-state index in [0.29, 0.717) is 16.3 Å². The molecular weight excluding hydrogens is 418 g/mol. The fraction of sp³-hybridized carbons (Fsp3) is 0.474. The average Bonchev–Trinajstić information content (AvgIpc) is 3.46. The van der Waals surface area contributed by atoms with E-state index < -0.39 is 36.2 Å². The number of nitrogens with zero attached hydrogens (tertiary/aromatic N) is 4. The quantitative estimate of drug-likeness (QED) is 0.731. The number of rotatable bonds is 5. The van der Waals surface area contributed by atoms with Gasteiger partial charge in [0.05, 0.1) is 18.3 Å². The van der Waals surface area contributed by atoms with Gasteiger partial charge in [-0.3, -0.25) is 9.59 Å². The van der Waals surface area contributed by atoms with Crippen molar-refractivity contribution in [2.24, 2.45) is 0 Å². The van der Waals surface area contributed by atoms with Crippen LogP contribution >= 0.6 is 11.6 Å². The van der Waals surface area contributed by atoms with Crippen molar-refractivity contribution in [1.29, 1.82) is 0 Å². The molecule has 4 rings (SSSR count). The Bertz CT molecular complexity index is 928. The Hall–Kier alpha value is -2.59. The first-order valence-corrected chi connectivity index (χ1v) is 10.0. The third-order valence-electron chi connectivity index (χ3n) is 5.37. The second-order valence-corrected chi connectivity index (χ2v) is 7.90. The minimum Gasteiger partial charge on any atom is -0.350 e. The van der Waals surface area contributed by atoms with Crippen LogP contribution in [0.1, 0.15) is 18.4 Å². The SMILES string of the molecule is O=C(NCc1cc(Cl)ccc1-n1cncn1)C1C[C@@H](F)CN1C(=O)C1C[C@@H](F)CN1. The largest absolute Gasteiger partial charge is 0.350 e. The summed E-state index contributed by atoms with van der Waals surface area (Å²) in [4.78, 5) is 30.6. The molecule has 0 saturated carbocycles. The van der Waals surface area contributed by atoms with E-state index in [1.807, 2.05) is 0 Å². The molecular formula is C19H21ClF2N6O2. The van der Waals surface area contributed by atoms with Gasteiger partial charge in [-0.05, 0) is 23.8 Å². The van der Waals surface area contributed by atoms with E-state index in [9.17, 15) is 18.4 Å². The zero-order chi connectivity index (χ0) is 21.3. The maximum Gasteiger partial charge on any atom is 0.243 e. The van der Waals surface area contributed by atoms with Crippen LogP contribution in [0.5, 0.6) is 0 Å². The summed E-state index contributed by atoms with van der Waals surface area (Å²) in [6.45, 7) is 0.0196. The Morgan fingerprint density at radius 1 is 1.27 bits per heavy atom. The predicted octanol–water partition coefficient (Wildman–Crippen LogP) is 1.18. The van der Waals surface area contributed by atoms with Crippen LogP contribution in [0.25, 0.3) is 5.69 Å². The summed E-state index contributed by atoms with van der Waals surface area (Å²) in [6.07, 6.45) is 0.433. The minimum atomic E-state index is -1.30. The second-order valence-electron chi connectivity index (χ2n) is 7.46. The first-order chi connectivity index (χ1) is 14.4. The van der Waals surface area contributed by atoms with Gasteiger partial charge in [0.15, 0.2) is 0 Å². The van der Waals surface area contributed by atoms with Gasteiger partial charge in [0.2, 0.25) is 11.8 Å². The number of hydrogen-bond donors (Lipinski definition) is 2. The van der Waals surface area contributed by atoms with Crippen molar-refractivity contribution in [2.75, 3.05) is 13.1 Å². The first-order valence-electron chi connectivity index (χ1n) is 9.65. The van der Waals surface area contributed by atoms with Crippen molar-refractivity contribution in [3.05, 3.63) is 41.4 Å². The maximum atomic E-state index is 14.1. The minimum absolute atomic E-state index is 0.0321. The summed E-state index contributed by atoms with van der Waals surface area (Å²) in [5, 5.41) is 10.1. The molecule has 2 unspecified atom stereocenters. The number of benzene rings is 1. The average molecular weight is 439 g/mol. The monoisotopic (exact) mass is 438 g/mol. The molecule has 30 heavy (non-hydrogen) atoms. The Morgan fingerprint density at radius 2 is 2.10 bits per heavy atom. The van der Waals surface area contributed by atoms with Crippen LogP contribution < -0.4 is 10.6 Å². The summed E-state index contributed by atoms with van der Waals surface area (Å²) in [5.41, 5.74) is 1.37. The molecule has 8 nitrogen and oxygen atoms in total. The molecule has 2 aliphatic rings. The summed E-state index contributed by atoms with van der Waals surface area (Å²) in [7, 11) is 0. The van der Waals surface area contributed by atoms with Crippen LogP contribution in [0.15, 0.2) is 30.9 Å². The topological polar surface area (TPSA) is 92.2 Å². The number of halogens is 3. The molecule has 0 aliphatic carbocycles. The standard InChI is InChI=1S/C19H21ClF2N6O2/c20-12-1-2-16(28-10-23-9-26-28)11(3-12)6-25-18(29)17-5-14(22)8-27(17)19(30)15-4-13(21)7-24-15/h1-3,9-10,13-15,17,24H,4-8H2,(H,25,29)/t13-,14-,15?,17?/m1/s1. The van der Waals surface area contributed by atoms with E-state index in [1.165, 1.54) is 17.6 Å². The molecule has 2 N–H and O–H groups in total. The van der Waals surface area contributed by atoms with Crippen LogP contribution in [0.2, 0.25) is 5.02 Å². The number of likely N-dealkylation sites (tertiary alicyclic amines) is 1. The predicted molar refractivity (Wildman–Crippen MR) is 105 cm³/mol. The lowest BCUT2D eigenvalue weighted by molar-refractivity contribution is -0.139. The lowest BCUT2D eigenvalue weighted by Gasteiger charge is -2.26. The van der Waals surface area contributed by atoms with Crippen LogP contribution in [0.3, 0.4) is 0 Å². The summed E-state index contributed by atoms with van der Waals surface area (Å²) in [6, 6.07) is 3.47. The molecule has 2 aliphatic heterocycles. The Balaban J connectivity index is 1.46. The molecule has 4 atom stereocenters. The lowest BCUT2D eigenvalue weighted by Crippen LogP contribution is -2.51. The number of hydrogen-bond acceptors (Lipinski definition) is 5. The molecule has 2 aromatic rings. The lowest BCUT2D eigenvalue weighted by atomic mass is 10.1. The number of amides is 2. The highest BCUT2D eigenvalue weighted by Gasteiger charge is 2.43. The normalized spacial score (nSPS) is 26.2. The van der Waals surface area contributed by atoms with Gasteiger partial charge in [-0.2, -0.15) is 5.10 Å². The molecule has 1 aromatic heterocycles. The first kappa shape index (κ1) is 20.7. The van der Waals surface area contributed by atoms with Gasteiger partial charge in [-0.15, -0.1) is 0 Å². The second kappa shape index (κ2) is 8.65. The summed E-state index contributed by atoms with van der Waals surface area (Å²) < 4.78 is 29.1. The van der Waals surface area contributed by atoms with E-state index in [1.54, 1.807) is 22.9 Å². The van der Waals surface area contributed by atoms with E-state index in [2.05, 4.69) is 20.7 Å². The fourth-order valence-corrected chi connectivity index (χ4v) is 4.10. The highest BCUT2D eigenvalue weighted by Crippen LogP contribution is 2.24. The number of carbonyl (C=O) groups is 2. The van der Waals surface area contributed by atoms with E-state index >= 15 is 0 Å². The molecule has 1 aromatic carbocycles. The van der Waals surface area contributed by atoms with E-state index in [4.69, 9.17) is 11.6 Å². The molecule has 0 bridgehead atoms. The van der Waals surface area contributed by atoms with Gasteiger partial charge in [0.1, 0.15) is 31.0 Å². The van der Waals surface area contributed by atoms with Crippen molar-refractivity contribution >= 4 is 23.4 Å². The van der Waals surface area contributed by atoms with Crippen molar-refractivity contribution in [2.45, 2.75) is 43.8 Å². The van der Waals surface area contributed by atoms with Crippen LogP contribution in [-0.2, 0) is 16.1 Å². The third kappa shape index (κ3) is 4.29. The van der Waals surface area contributed by atoms with Gasteiger partial charge in [0.25, 0.3) is 0 Å². The van der Waals surface area contributed by atoms with E-state index in [-0.39, 0.29) is 32.5 Å². The van der Waals surface area contributed by atoms with Gasteiger partial charge in [-0.25, -0.2) is 18.4 Å². The van der Waals surface area contributed by atoms with E-state index in [0.717, 1.165) is 0 Å². The van der Waals surface area contributed by atoms with Crippen molar-refractivity contribution < 1.29 is 18.4 Å². The zero-order valence-corrected chi connectivity index (χ0v) is 16.7. The van der Waals surface area contributed by atoms with Gasteiger partial charge in [0, 0.05) is 31.0 Å². The fourth-order valence-electron chi connectivity index (χ4n) is 3.91. The van der Waals surface area contributed by atoms with Crippen LogP contribution in [0, 0.1) is 0 Å². The number of alkyl halides is 2. The highest BCUT2D eigenvalue weighted by atomic mass is 35.5. The Kier molecular flexibility index (Phi) is 5.96. The smallest absolute Gasteiger partial charge is 0.243 e. The maximum absolute atomic E-state index is 14.1.